The van der Waals surface area contributed by atoms with Gasteiger partial charge in [0.2, 0.25) is 5.91 Å². The molecule has 1 aromatic carbocycles. The van der Waals surface area contributed by atoms with E-state index < -0.39 is 5.54 Å². The largest absolute Gasteiger partial charge is 0.347 e. The lowest BCUT2D eigenvalue weighted by Crippen LogP contribution is -2.41. The van der Waals surface area contributed by atoms with Crippen molar-refractivity contribution in [3.63, 3.8) is 0 Å². The van der Waals surface area contributed by atoms with E-state index in [9.17, 15) is 9.18 Å². The van der Waals surface area contributed by atoms with E-state index in [0.29, 0.717) is 6.42 Å². The summed E-state index contributed by atoms with van der Waals surface area (Å²) in [4.78, 5) is 16.0. The van der Waals surface area contributed by atoms with Gasteiger partial charge in [0.05, 0.1) is 12.0 Å². The van der Waals surface area contributed by atoms with E-state index in [1.165, 1.54) is 12.1 Å². The van der Waals surface area contributed by atoms with Gasteiger partial charge in [-0.2, -0.15) is 0 Å². The smallest absolute Gasteiger partial charge is 0.225 e. The summed E-state index contributed by atoms with van der Waals surface area (Å²) in [6.45, 7) is 3.79. The molecule has 0 aliphatic rings. The first-order valence-corrected chi connectivity index (χ1v) is 6.43. The van der Waals surface area contributed by atoms with Gasteiger partial charge >= 0.3 is 0 Å². The van der Waals surface area contributed by atoms with E-state index in [4.69, 9.17) is 0 Å². The molecule has 1 N–H and O–H groups in total. The molecule has 0 radical (unpaired) electrons. The highest BCUT2D eigenvalue weighted by Gasteiger charge is 2.22. The SMILES string of the molecule is CC(C)(NC(=O)Cc1ccncc1)c1ccc(F)cc1. The second-order valence-corrected chi connectivity index (χ2v) is 5.21. The molecule has 0 atom stereocenters. The van der Waals surface area contributed by atoms with Crippen LogP contribution in [0.5, 0.6) is 0 Å². The van der Waals surface area contributed by atoms with Crippen LogP contribution in [0, 0.1) is 5.82 Å². The van der Waals surface area contributed by atoms with Crippen LogP contribution in [-0.2, 0) is 16.8 Å². The molecular formula is C16H17FN2O. The van der Waals surface area contributed by atoms with Crippen LogP contribution in [0.1, 0.15) is 25.0 Å². The van der Waals surface area contributed by atoms with Crippen LogP contribution < -0.4 is 5.32 Å². The van der Waals surface area contributed by atoms with Gasteiger partial charge in [-0.1, -0.05) is 12.1 Å². The highest BCUT2D eigenvalue weighted by Crippen LogP contribution is 2.20. The molecule has 1 aromatic heterocycles. The number of nitrogens with zero attached hydrogens (tertiary/aromatic N) is 1. The molecule has 3 nitrogen and oxygen atoms in total. The normalized spacial score (nSPS) is 11.2. The Morgan fingerprint density at radius 1 is 1.15 bits per heavy atom. The third-order valence-electron chi connectivity index (χ3n) is 3.13. The summed E-state index contributed by atoms with van der Waals surface area (Å²) in [5.74, 6) is -0.363. The zero-order valence-corrected chi connectivity index (χ0v) is 11.6. The van der Waals surface area contributed by atoms with Gasteiger partial charge in [0, 0.05) is 12.4 Å². The summed E-state index contributed by atoms with van der Waals surface area (Å²) in [5, 5.41) is 2.96. The first kappa shape index (κ1) is 14.2. The Labute approximate surface area is 117 Å². The molecule has 0 bridgehead atoms. The van der Waals surface area contributed by atoms with Gasteiger partial charge in [-0.15, -0.1) is 0 Å². The molecule has 2 rings (SSSR count). The maximum Gasteiger partial charge on any atom is 0.225 e. The summed E-state index contributed by atoms with van der Waals surface area (Å²) in [6, 6.07) is 9.78. The molecule has 0 spiro atoms. The number of amides is 1. The van der Waals surface area contributed by atoms with Crippen molar-refractivity contribution in [1.29, 1.82) is 0 Å². The van der Waals surface area contributed by atoms with Crippen molar-refractivity contribution in [2.24, 2.45) is 0 Å². The van der Waals surface area contributed by atoms with Gasteiger partial charge in [-0.3, -0.25) is 9.78 Å². The average Bonchev–Trinajstić information content (AvgIpc) is 2.39. The fourth-order valence-corrected chi connectivity index (χ4v) is 2.02. The first-order valence-electron chi connectivity index (χ1n) is 6.43. The Hall–Kier alpha value is -2.23. The molecule has 1 amide bonds. The van der Waals surface area contributed by atoms with Gasteiger partial charge in [0.25, 0.3) is 0 Å². The first-order chi connectivity index (χ1) is 9.47. The topological polar surface area (TPSA) is 42.0 Å². The summed E-state index contributed by atoms with van der Waals surface area (Å²) in [7, 11) is 0. The lowest BCUT2D eigenvalue weighted by molar-refractivity contribution is -0.122. The predicted molar refractivity (Wildman–Crippen MR) is 75.5 cm³/mol. The molecule has 0 aliphatic heterocycles. The monoisotopic (exact) mass is 272 g/mol. The minimum Gasteiger partial charge on any atom is -0.347 e. The summed E-state index contributed by atoms with van der Waals surface area (Å²) < 4.78 is 12.9. The van der Waals surface area contributed by atoms with Gasteiger partial charge in [-0.05, 0) is 49.2 Å². The number of benzene rings is 1. The molecule has 1 heterocycles. The average molecular weight is 272 g/mol. The number of carbonyl (C=O) groups is 1. The van der Waals surface area contributed by atoms with Gasteiger partial charge in [0.1, 0.15) is 5.82 Å². The van der Waals surface area contributed by atoms with Crippen molar-refractivity contribution < 1.29 is 9.18 Å². The molecule has 20 heavy (non-hydrogen) atoms. The second-order valence-electron chi connectivity index (χ2n) is 5.21. The zero-order chi connectivity index (χ0) is 14.6. The van der Waals surface area contributed by atoms with Crippen molar-refractivity contribution in [3.8, 4) is 0 Å². The number of nitrogens with one attached hydrogen (secondary N) is 1. The Morgan fingerprint density at radius 3 is 2.35 bits per heavy atom. The fourth-order valence-electron chi connectivity index (χ4n) is 2.02. The Kier molecular flexibility index (Phi) is 4.13. The fraction of sp³-hybridized carbons (Fsp3) is 0.250. The van der Waals surface area contributed by atoms with E-state index >= 15 is 0 Å². The van der Waals surface area contributed by atoms with Crippen LogP contribution in [-0.4, -0.2) is 10.9 Å². The lowest BCUT2D eigenvalue weighted by Gasteiger charge is -2.27. The maximum atomic E-state index is 12.9. The van der Waals surface area contributed by atoms with E-state index in [1.54, 1.807) is 24.5 Å². The maximum absolute atomic E-state index is 12.9. The Bertz CT molecular complexity index is 579. The van der Waals surface area contributed by atoms with Gasteiger partial charge in [-0.25, -0.2) is 4.39 Å². The number of pyridine rings is 1. The van der Waals surface area contributed by atoms with Crippen LogP contribution in [0.2, 0.25) is 0 Å². The van der Waals surface area contributed by atoms with Crippen LogP contribution in [0.4, 0.5) is 4.39 Å². The van der Waals surface area contributed by atoms with Gasteiger partial charge < -0.3 is 5.32 Å². The lowest BCUT2D eigenvalue weighted by atomic mass is 9.94. The highest BCUT2D eigenvalue weighted by molar-refractivity contribution is 5.79. The zero-order valence-electron chi connectivity index (χ0n) is 11.6. The van der Waals surface area contributed by atoms with Crippen molar-refractivity contribution in [2.45, 2.75) is 25.8 Å². The molecule has 2 aromatic rings. The number of aromatic nitrogens is 1. The minimum absolute atomic E-state index is 0.0782. The second kappa shape index (κ2) is 5.82. The number of hydrogen-bond acceptors (Lipinski definition) is 2. The van der Waals surface area contributed by atoms with Crippen LogP contribution >= 0.6 is 0 Å². The molecule has 0 saturated carbocycles. The van der Waals surface area contributed by atoms with Crippen LogP contribution in [0.3, 0.4) is 0 Å². The van der Waals surface area contributed by atoms with E-state index in [0.717, 1.165) is 11.1 Å². The molecule has 0 fully saturated rings. The standard InChI is InChI=1S/C16H17FN2O/c1-16(2,13-3-5-14(17)6-4-13)19-15(20)11-12-7-9-18-10-8-12/h3-10H,11H2,1-2H3,(H,19,20). The van der Waals surface area contributed by atoms with E-state index in [1.807, 2.05) is 26.0 Å². The predicted octanol–water partition coefficient (Wildman–Crippen LogP) is 2.81. The molecule has 104 valence electrons. The van der Waals surface area contributed by atoms with E-state index in [-0.39, 0.29) is 11.7 Å². The minimum atomic E-state index is -0.544. The molecule has 0 aliphatic carbocycles. The third kappa shape index (κ3) is 3.63. The van der Waals surface area contributed by atoms with Crippen molar-refractivity contribution in [3.05, 3.63) is 65.7 Å². The summed E-state index contributed by atoms with van der Waals surface area (Å²) in [5.41, 5.74) is 1.23. The molecular weight excluding hydrogens is 255 g/mol. The number of carbonyl (C=O) groups excluding carboxylic acids is 1. The quantitative estimate of drug-likeness (QED) is 0.930. The van der Waals surface area contributed by atoms with E-state index in [2.05, 4.69) is 10.3 Å². The number of halogens is 1. The van der Waals surface area contributed by atoms with Gasteiger partial charge in [0.15, 0.2) is 0 Å². The summed E-state index contributed by atoms with van der Waals surface area (Å²) in [6.07, 6.45) is 3.62. The Balaban J connectivity index is 2.04. The molecule has 4 heteroatoms. The highest BCUT2D eigenvalue weighted by atomic mass is 19.1. The van der Waals surface area contributed by atoms with Crippen LogP contribution in [0.25, 0.3) is 0 Å². The van der Waals surface area contributed by atoms with Crippen LogP contribution in [0.15, 0.2) is 48.8 Å². The van der Waals surface area contributed by atoms with Crippen molar-refractivity contribution >= 4 is 5.91 Å². The number of rotatable bonds is 4. The molecule has 0 unspecified atom stereocenters. The summed E-state index contributed by atoms with van der Waals surface area (Å²) >= 11 is 0. The van der Waals surface area contributed by atoms with Crippen molar-refractivity contribution in [1.82, 2.24) is 10.3 Å². The number of hydrogen-bond donors (Lipinski definition) is 1. The Morgan fingerprint density at radius 2 is 1.75 bits per heavy atom. The molecule has 0 saturated heterocycles. The van der Waals surface area contributed by atoms with Crippen molar-refractivity contribution in [2.75, 3.05) is 0 Å². The third-order valence-corrected chi connectivity index (χ3v) is 3.13.